The highest BCUT2D eigenvalue weighted by Gasteiger charge is 2.44. The number of hydrogen-bond donors (Lipinski definition) is 1. The average Bonchev–Trinajstić information content (AvgIpc) is 2.98. The predicted molar refractivity (Wildman–Crippen MR) is 71.3 cm³/mol. The van der Waals surface area contributed by atoms with Crippen molar-refractivity contribution in [3.63, 3.8) is 0 Å². The van der Waals surface area contributed by atoms with Crippen LogP contribution in [0.25, 0.3) is 0 Å². The first-order valence-electron chi connectivity index (χ1n) is 6.47. The van der Waals surface area contributed by atoms with E-state index in [0.29, 0.717) is 5.92 Å². The minimum atomic E-state index is 0.113. The Morgan fingerprint density at radius 2 is 2.53 bits per heavy atom. The molecule has 0 saturated heterocycles. The number of ether oxygens (including phenoxy) is 1. The van der Waals surface area contributed by atoms with E-state index in [4.69, 9.17) is 4.74 Å². The lowest BCUT2D eigenvalue weighted by Gasteiger charge is -2.34. The van der Waals surface area contributed by atoms with Gasteiger partial charge >= 0.3 is 0 Å². The molecule has 3 nitrogen and oxygen atoms in total. The van der Waals surface area contributed by atoms with Crippen molar-refractivity contribution in [2.24, 2.45) is 5.92 Å². The highest BCUT2D eigenvalue weighted by Crippen LogP contribution is 2.45. The van der Waals surface area contributed by atoms with Crippen molar-refractivity contribution in [3.05, 3.63) is 16.6 Å². The topological polar surface area (TPSA) is 34.1 Å². The van der Waals surface area contributed by atoms with Crippen molar-refractivity contribution < 1.29 is 4.74 Å². The molecule has 1 fully saturated rings. The van der Waals surface area contributed by atoms with E-state index in [0.717, 1.165) is 13.2 Å². The van der Waals surface area contributed by atoms with Gasteiger partial charge in [-0.15, -0.1) is 11.3 Å². The minimum Gasteiger partial charge on any atom is -0.383 e. The Labute approximate surface area is 108 Å². The summed E-state index contributed by atoms with van der Waals surface area (Å²) in [6, 6.07) is 0. The van der Waals surface area contributed by atoms with Crippen molar-refractivity contribution in [1.82, 2.24) is 10.3 Å². The van der Waals surface area contributed by atoms with Gasteiger partial charge in [-0.05, 0) is 18.8 Å². The molecule has 1 heterocycles. The summed E-state index contributed by atoms with van der Waals surface area (Å²) in [6.45, 7) is 3.96. The Morgan fingerprint density at radius 1 is 1.65 bits per heavy atom. The summed E-state index contributed by atoms with van der Waals surface area (Å²) < 4.78 is 5.15. The normalized spacial score (nSPS) is 28.7. The van der Waals surface area contributed by atoms with Gasteiger partial charge in [-0.25, -0.2) is 4.98 Å². The Kier molecular flexibility index (Phi) is 4.54. The van der Waals surface area contributed by atoms with Gasteiger partial charge in [0.1, 0.15) is 5.01 Å². The van der Waals surface area contributed by atoms with E-state index in [-0.39, 0.29) is 5.54 Å². The molecule has 17 heavy (non-hydrogen) atoms. The van der Waals surface area contributed by atoms with Crippen molar-refractivity contribution >= 4 is 11.3 Å². The molecule has 2 rings (SSSR count). The third-order valence-corrected chi connectivity index (χ3v) is 4.82. The summed E-state index contributed by atoms with van der Waals surface area (Å²) in [5.74, 6) is 0.713. The highest BCUT2D eigenvalue weighted by atomic mass is 32.1. The van der Waals surface area contributed by atoms with Gasteiger partial charge < -0.3 is 10.1 Å². The average molecular weight is 254 g/mol. The van der Waals surface area contributed by atoms with E-state index in [2.05, 4.69) is 22.6 Å². The molecule has 2 unspecified atom stereocenters. The summed E-state index contributed by atoms with van der Waals surface area (Å²) in [5.41, 5.74) is 0.113. The molecular weight excluding hydrogens is 232 g/mol. The van der Waals surface area contributed by atoms with Crippen LogP contribution in [0, 0.1) is 5.92 Å². The van der Waals surface area contributed by atoms with Crippen LogP contribution < -0.4 is 5.32 Å². The second-order valence-electron chi connectivity index (χ2n) is 4.73. The second kappa shape index (κ2) is 5.94. The van der Waals surface area contributed by atoms with E-state index in [1.165, 1.54) is 30.7 Å². The van der Waals surface area contributed by atoms with E-state index >= 15 is 0 Å². The SMILES string of the molecule is CCC1CCCC1(NCCOC)c1nccs1. The molecule has 96 valence electrons. The maximum Gasteiger partial charge on any atom is 0.113 e. The number of aromatic nitrogens is 1. The molecule has 0 amide bonds. The van der Waals surface area contributed by atoms with Crippen LogP contribution in [0.5, 0.6) is 0 Å². The number of rotatable bonds is 6. The zero-order valence-electron chi connectivity index (χ0n) is 10.7. The van der Waals surface area contributed by atoms with E-state index in [1.54, 1.807) is 18.4 Å². The molecule has 1 aliphatic rings. The fraction of sp³-hybridized carbons (Fsp3) is 0.769. The number of nitrogens with one attached hydrogen (secondary N) is 1. The smallest absolute Gasteiger partial charge is 0.113 e. The van der Waals surface area contributed by atoms with Crippen LogP contribution in [0.1, 0.15) is 37.6 Å². The van der Waals surface area contributed by atoms with Crippen molar-refractivity contribution in [3.8, 4) is 0 Å². The van der Waals surface area contributed by atoms with Crippen LogP contribution in [-0.2, 0) is 10.3 Å². The molecule has 0 aromatic carbocycles. The molecule has 0 aliphatic heterocycles. The van der Waals surface area contributed by atoms with Crippen LogP contribution in [-0.4, -0.2) is 25.2 Å². The molecule has 1 aromatic rings. The highest BCUT2D eigenvalue weighted by molar-refractivity contribution is 7.09. The first kappa shape index (κ1) is 13.0. The first-order valence-corrected chi connectivity index (χ1v) is 7.35. The Morgan fingerprint density at radius 3 is 3.18 bits per heavy atom. The summed E-state index contributed by atoms with van der Waals surface area (Å²) in [6.07, 6.45) is 6.97. The van der Waals surface area contributed by atoms with Gasteiger partial charge in [0.25, 0.3) is 0 Å². The Bertz CT molecular complexity index is 328. The molecule has 2 atom stereocenters. The maximum absolute atomic E-state index is 5.15. The zero-order chi connectivity index (χ0) is 12.1. The van der Waals surface area contributed by atoms with Gasteiger partial charge in [0, 0.05) is 25.2 Å². The lowest BCUT2D eigenvalue weighted by atomic mass is 9.85. The van der Waals surface area contributed by atoms with E-state index < -0.39 is 0 Å². The van der Waals surface area contributed by atoms with E-state index in [9.17, 15) is 0 Å². The number of hydrogen-bond acceptors (Lipinski definition) is 4. The largest absolute Gasteiger partial charge is 0.383 e. The van der Waals surface area contributed by atoms with Gasteiger partial charge in [0.2, 0.25) is 0 Å². The lowest BCUT2D eigenvalue weighted by Crippen LogP contribution is -2.46. The third-order valence-electron chi connectivity index (χ3n) is 3.87. The van der Waals surface area contributed by atoms with Gasteiger partial charge in [0.15, 0.2) is 0 Å². The third kappa shape index (κ3) is 2.54. The van der Waals surface area contributed by atoms with Crippen LogP contribution in [0.15, 0.2) is 11.6 Å². The molecule has 0 bridgehead atoms. The Balaban J connectivity index is 2.16. The molecule has 1 saturated carbocycles. The van der Waals surface area contributed by atoms with Gasteiger partial charge in [-0.1, -0.05) is 19.8 Å². The molecule has 0 radical (unpaired) electrons. The van der Waals surface area contributed by atoms with Crippen LogP contribution >= 0.6 is 11.3 Å². The summed E-state index contributed by atoms with van der Waals surface area (Å²) in [7, 11) is 1.75. The molecule has 1 aromatic heterocycles. The first-order chi connectivity index (χ1) is 8.33. The molecular formula is C13H22N2OS. The van der Waals surface area contributed by atoms with Gasteiger partial charge in [-0.2, -0.15) is 0 Å². The molecule has 1 aliphatic carbocycles. The van der Waals surface area contributed by atoms with Crippen molar-refractivity contribution in [1.29, 1.82) is 0 Å². The summed E-state index contributed by atoms with van der Waals surface area (Å²) in [5, 5.41) is 7.07. The van der Waals surface area contributed by atoms with E-state index in [1.807, 2.05) is 6.20 Å². The summed E-state index contributed by atoms with van der Waals surface area (Å²) in [4.78, 5) is 4.56. The molecule has 4 heteroatoms. The van der Waals surface area contributed by atoms with Crippen molar-refractivity contribution in [2.45, 2.75) is 38.1 Å². The quantitative estimate of drug-likeness (QED) is 0.793. The zero-order valence-corrected chi connectivity index (χ0v) is 11.6. The van der Waals surface area contributed by atoms with Crippen LogP contribution in [0.3, 0.4) is 0 Å². The number of nitrogens with zero attached hydrogens (tertiary/aromatic N) is 1. The van der Waals surface area contributed by atoms with Crippen LogP contribution in [0.2, 0.25) is 0 Å². The lowest BCUT2D eigenvalue weighted by molar-refractivity contribution is 0.167. The number of methoxy groups -OCH3 is 1. The van der Waals surface area contributed by atoms with Gasteiger partial charge in [-0.3, -0.25) is 0 Å². The van der Waals surface area contributed by atoms with Crippen LogP contribution in [0.4, 0.5) is 0 Å². The second-order valence-corrected chi connectivity index (χ2v) is 5.62. The monoisotopic (exact) mass is 254 g/mol. The molecule has 1 N–H and O–H groups in total. The Hall–Kier alpha value is -0.450. The number of thiazole rings is 1. The fourth-order valence-corrected chi connectivity index (χ4v) is 3.96. The van der Waals surface area contributed by atoms with Crippen molar-refractivity contribution in [2.75, 3.05) is 20.3 Å². The standard InChI is InChI=1S/C13H22N2OS/c1-3-11-5-4-6-13(11,15-7-9-16-2)12-14-8-10-17-12/h8,10-11,15H,3-7,9H2,1-2H3. The minimum absolute atomic E-state index is 0.113. The summed E-state index contributed by atoms with van der Waals surface area (Å²) >= 11 is 1.78. The maximum atomic E-state index is 5.15. The predicted octanol–water partition coefficient (Wildman–Crippen LogP) is 2.78. The molecule has 0 spiro atoms. The van der Waals surface area contributed by atoms with Gasteiger partial charge in [0.05, 0.1) is 12.1 Å². The fourth-order valence-electron chi connectivity index (χ4n) is 3.04.